The van der Waals surface area contributed by atoms with E-state index < -0.39 is 5.82 Å². The Labute approximate surface area is 116 Å². The van der Waals surface area contributed by atoms with Gasteiger partial charge in [0.25, 0.3) is 0 Å². The zero-order valence-electron chi connectivity index (χ0n) is 10.7. The summed E-state index contributed by atoms with van der Waals surface area (Å²) in [7, 11) is 0. The Bertz CT molecular complexity index is 640. The lowest BCUT2D eigenvalue weighted by atomic mass is 10.0. The first-order valence-corrected chi connectivity index (χ1v) is 6.25. The smallest absolute Gasteiger partial charge is 0.185 e. The van der Waals surface area contributed by atoms with E-state index in [9.17, 15) is 9.18 Å². The third-order valence-electron chi connectivity index (χ3n) is 2.84. The minimum Gasteiger partial charge on any atom is -0.292 e. The van der Waals surface area contributed by atoms with Crippen LogP contribution in [0, 0.1) is 19.7 Å². The zero-order chi connectivity index (χ0) is 14.0. The molecule has 1 heterocycles. The van der Waals surface area contributed by atoms with Gasteiger partial charge >= 0.3 is 0 Å². The molecule has 2 nitrogen and oxygen atoms in total. The van der Waals surface area contributed by atoms with Crippen LogP contribution in [0.25, 0.3) is 0 Å². The molecule has 0 saturated heterocycles. The molecule has 0 aliphatic heterocycles. The van der Waals surface area contributed by atoms with Crippen molar-refractivity contribution in [2.75, 3.05) is 0 Å². The first kappa shape index (κ1) is 13.7. The maximum Gasteiger partial charge on any atom is 0.185 e. The van der Waals surface area contributed by atoms with E-state index in [1.54, 1.807) is 6.20 Å². The summed E-state index contributed by atoms with van der Waals surface area (Å²) in [5.74, 6) is -0.564. The fourth-order valence-electron chi connectivity index (χ4n) is 1.94. The maximum absolute atomic E-state index is 13.1. The Morgan fingerprint density at radius 2 is 2.05 bits per heavy atom. The van der Waals surface area contributed by atoms with Crippen LogP contribution in [0.15, 0.2) is 30.5 Å². The molecule has 0 saturated carbocycles. The van der Waals surface area contributed by atoms with Crippen molar-refractivity contribution in [2.45, 2.75) is 20.3 Å². The van der Waals surface area contributed by atoms with Crippen molar-refractivity contribution in [3.63, 3.8) is 0 Å². The number of Topliss-reactive ketones (excluding diaryl/α,β-unsaturated/α-hetero) is 1. The normalized spacial score (nSPS) is 10.5. The first-order chi connectivity index (χ1) is 8.97. The fourth-order valence-corrected chi connectivity index (χ4v) is 2.13. The van der Waals surface area contributed by atoms with E-state index in [1.165, 1.54) is 18.2 Å². The molecular weight excluding hydrogens is 265 g/mol. The van der Waals surface area contributed by atoms with E-state index >= 15 is 0 Å². The number of aromatic nitrogens is 1. The van der Waals surface area contributed by atoms with Crippen LogP contribution >= 0.6 is 11.6 Å². The van der Waals surface area contributed by atoms with Crippen molar-refractivity contribution in [1.82, 2.24) is 4.98 Å². The topological polar surface area (TPSA) is 30.0 Å². The van der Waals surface area contributed by atoms with E-state index in [0.29, 0.717) is 16.3 Å². The number of hydrogen-bond acceptors (Lipinski definition) is 2. The Hall–Kier alpha value is -1.74. The lowest BCUT2D eigenvalue weighted by Crippen LogP contribution is -2.09. The molecule has 0 unspecified atom stereocenters. The maximum atomic E-state index is 13.1. The summed E-state index contributed by atoms with van der Waals surface area (Å²) in [6, 6.07) is 5.90. The van der Waals surface area contributed by atoms with Gasteiger partial charge in [-0.15, -0.1) is 0 Å². The highest BCUT2D eigenvalue weighted by Gasteiger charge is 2.14. The third kappa shape index (κ3) is 3.18. The Kier molecular flexibility index (Phi) is 3.96. The van der Waals surface area contributed by atoms with Gasteiger partial charge in [-0.2, -0.15) is 0 Å². The van der Waals surface area contributed by atoms with Crippen molar-refractivity contribution in [2.24, 2.45) is 0 Å². The molecule has 0 N–H and O–H groups in total. The molecule has 1 aromatic carbocycles. The predicted octanol–water partition coefficient (Wildman–Crippen LogP) is 3.92. The summed E-state index contributed by atoms with van der Waals surface area (Å²) in [4.78, 5) is 16.3. The molecule has 0 fully saturated rings. The van der Waals surface area contributed by atoms with Crippen molar-refractivity contribution in [1.29, 1.82) is 0 Å². The van der Waals surface area contributed by atoms with Gasteiger partial charge in [0.05, 0.1) is 0 Å². The molecule has 19 heavy (non-hydrogen) atoms. The van der Waals surface area contributed by atoms with Crippen LogP contribution in [0.2, 0.25) is 5.02 Å². The second-order valence-electron chi connectivity index (χ2n) is 4.51. The zero-order valence-corrected chi connectivity index (χ0v) is 11.5. The van der Waals surface area contributed by atoms with E-state index in [2.05, 4.69) is 4.98 Å². The molecule has 0 bridgehead atoms. The standard InChI is InChI=1S/C15H13ClFNO/c1-9-5-10(2)15(18-8-9)14(19)7-11-6-12(17)3-4-13(11)16/h3-6,8H,7H2,1-2H3. The molecule has 0 spiro atoms. The van der Waals surface area contributed by atoms with Crippen LogP contribution < -0.4 is 0 Å². The van der Waals surface area contributed by atoms with Crippen LogP contribution in [0.3, 0.4) is 0 Å². The molecule has 0 aliphatic rings. The Balaban J connectivity index is 2.28. The quantitative estimate of drug-likeness (QED) is 0.796. The van der Waals surface area contributed by atoms with Gasteiger partial charge < -0.3 is 0 Å². The fraction of sp³-hybridized carbons (Fsp3) is 0.200. The van der Waals surface area contributed by atoms with Gasteiger partial charge in [0.15, 0.2) is 5.78 Å². The number of aryl methyl sites for hydroxylation is 2. The average Bonchev–Trinajstić information content (AvgIpc) is 2.33. The van der Waals surface area contributed by atoms with Gasteiger partial charge in [-0.05, 0) is 48.7 Å². The van der Waals surface area contributed by atoms with Gasteiger partial charge in [0, 0.05) is 17.6 Å². The molecular formula is C15H13ClFNO. The van der Waals surface area contributed by atoms with Crippen molar-refractivity contribution in [3.8, 4) is 0 Å². The van der Waals surface area contributed by atoms with Crippen LogP contribution in [0.1, 0.15) is 27.2 Å². The molecule has 0 aliphatic carbocycles. The minimum atomic E-state index is -0.402. The Morgan fingerprint density at radius 1 is 1.32 bits per heavy atom. The van der Waals surface area contributed by atoms with Crippen LogP contribution in [-0.2, 0) is 6.42 Å². The summed E-state index contributed by atoms with van der Waals surface area (Å²) < 4.78 is 13.1. The highest BCUT2D eigenvalue weighted by Crippen LogP contribution is 2.19. The first-order valence-electron chi connectivity index (χ1n) is 5.88. The third-order valence-corrected chi connectivity index (χ3v) is 3.21. The van der Waals surface area contributed by atoms with Crippen molar-refractivity contribution >= 4 is 17.4 Å². The largest absolute Gasteiger partial charge is 0.292 e. The van der Waals surface area contributed by atoms with Crippen LogP contribution in [-0.4, -0.2) is 10.8 Å². The number of halogens is 2. The molecule has 0 radical (unpaired) electrons. The SMILES string of the molecule is Cc1cnc(C(=O)Cc2cc(F)ccc2Cl)c(C)c1. The molecule has 98 valence electrons. The monoisotopic (exact) mass is 277 g/mol. The number of benzene rings is 1. The second-order valence-corrected chi connectivity index (χ2v) is 4.92. The minimum absolute atomic E-state index is 0.0491. The van der Waals surface area contributed by atoms with Crippen molar-refractivity contribution in [3.05, 3.63) is 63.7 Å². The molecule has 4 heteroatoms. The number of ketones is 1. The van der Waals surface area contributed by atoms with Crippen LogP contribution in [0.4, 0.5) is 4.39 Å². The summed E-state index contributed by atoms with van der Waals surface area (Å²) in [5.41, 5.74) is 2.70. The second kappa shape index (κ2) is 5.49. The number of carbonyl (C=O) groups excluding carboxylic acids is 1. The molecule has 0 atom stereocenters. The van der Waals surface area contributed by atoms with Gasteiger partial charge in [-0.1, -0.05) is 17.7 Å². The highest BCUT2D eigenvalue weighted by atomic mass is 35.5. The van der Waals surface area contributed by atoms with Gasteiger partial charge in [-0.25, -0.2) is 4.39 Å². The van der Waals surface area contributed by atoms with E-state index in [1.807, 2.05) is 19.9 Å². The highest BCUT2D eigenvalue weighted by molar-refractivity contribution is 6.31. The van der Waals surface area contributed by atoms with E-state index in [4.69, 9.17) is 11.6 Å². The molecule has 2 rings (SSSR count). The molecule has 1 aromatic heterocycles. The summed E-state index contributed by atoms with van der Waals surface area (Å²) in [5, 5.41) is 0.388. The number of nitrogens with zero attached hydrogens (tertiary/aromatic N) is 1. The Morgan fingerprint density at radius 3 is 2.74 bits per heavy atom. The lowest BCUT2D eigenvalue weighted by molar-refractivity contribution is 0.0987. The summed E-state index contributed by atoms with van der Waals surface area (Å²) >= 11 is 5.95. The van der Waals surface area contributed by atoms with Crippen molar-refractivity contribution < 1.29 is 9.18 Å². The lowest BCUT2D eigenvalue weighted by Gasteiger charge is -2.06. The number of rotatable bonds is 3. The van der Waals surface area contributed by atoms with E-state index in [0.717, 1.165) is 11.1 Å². The number of carbonyl (C=O) groups is 1. The van der Waals surface area contributed by atoms with Gasteiger partial charge in [-0.3, -0.25) is 9.78 Å². The predicted molar refractivity (Wildman–Crippen MR) is 73.2 cm³/mol. The molecule has 0 amide bonds. The average molecular weight is 278 g/mol. The van der Waals surface area contributed by atoms with Crippen LogP contribution in [0.5, 0.6) is 0 Å². The summed E-state index contributed by atoms with van der Waals surface area (Å²) in [6.45, 7) is 3.75. The summed E-state index contributed by atoms with van der Waals surface area (Å²) in [6.07, 6.45) is 1.70. The van der Waals surface area contributed by atoms with Gasteiger partial charge in [0.2, 0.25) is 0 Å². The van der Waals surface area contributed by atoms with Gasteiger partial charge in [0.1, 0.15) is 11.5 Å². The van der Waals surface area contributed by atoms with E-state index in [-0.39, 0.29) is 12.2 Å². The number of pyridine rings is 1. The molecule has 2 aromatic rings. The number of hydrogen-bond donors (Lipinski definition) is 0.